The predicted molar refractivity (Wildman–Crippen MR) is 159 cm³/mol. The minimum absolute atomic E-state index is 0.0473. The number of rotatable bonds is 14. The lowest BCUT2D eigenvalue weighted by atomic mass is 10.1. The summed E-state index contributed by atoms with van der Waals surface area (Å²) < 4.78 is 53.0. The third kappa shape index (κ3) is 8.22. The van der Waals surface area contributed by atoms with Crippen LogP contribution < -0.4 is 19.1 Å². The Bertz CT molecular complexity index is 1430. The Labute approximate surface area is 247 Å². The van der Waals surface area contributed by atoms with Gasteiger partial charge in [0.15, 0.2) is 0 Å². The third-order valence-electron chi connectivity index (χ3n) is 6.80. The average Bonchev–Trinajstić information content (AvgIpc) is 2.99. The fourth-order valence-corrected chi connectivity index (χ4v) is 5.53. The first-order valence-electron chi connectivity index (χ1n) is 13.7. The second-order valence-corrected chi connectivity index (χ2v) is 11.6. The highest BCUT2D eigenvalue weighted by molar-refractivity contribution is 7.92. The molecule has 0 aliphatic carbocycles. The van der Waals surface area contributed by atoms with Gasteiger partial charge >= 0.3 is 0 Å². The lowest BCUT2D eigenvalue weighted by molar-refractivity contribution is -0.139. The number of sulfonamides is 1. The zero-order chi connectivity index (χ0) is 30.9. The molecule has 2 unspecified atom stereocenters. The number of ether oxygens (including phenoxy) is 2. The van der Waals surface area contributed by atoms with Crippen molar-refractivity contribution >= 4 is 27.5 Å². The number of nitrogens with one attached hydrogen (secondary N) is 1. The summed E-state index contributed by atoms with van der Waals surface area (Å²) in [5.41, 5.74) is 0.929. The first-order chi connectivity index (χ1) is 20.0. The largest absolute Gasteiger partial charge is 0.497 e. The van der Waals surface area contributed by atoms with Gasteiger partial charge in [0.25, 0.3) is 10.0 Å². The molecule has 0 saturated carbocycles. The van der Waals surface area contributed by atoms with Gasteiger partial charge in [-0.25, -0.2) is 12.8 Å². The van der Waals surface area contributed by atoms with Crippen LogP contribution in [0, 0.1) is 5.82 Å². The van der Waals surface area contributed by atoms with Crippen molar-refractivity contribution in [2.24, 2.45) is 0 Å². The van der Waals surface area contributed by atoms with E-state index in [2.05, 4.69) is 5.32 Å². The molecule has 0 heterocycles. The molecule has 226 valence electrons. The molecule has 0 radical (unpaired) electrons. The third-order valence-corrected chi connectivity index (χ3v) is 8.58. The van der Waals surface area contributed by atoms with Crippen molar-refractivity contribution in [3.63, 3.8) is 0 Å². The number of amides is 2. The molecule has 2 atom stereocenters. The maximum atomic E-state index is 14.0. The van der Waals surface area contributed by atoms with E-state index < -0.39 is 34.3 Å². The van der Waals surface area contributed by atoms with E-state index in [1.807, 2.05) is 20.8 Å². The van der Waals surface area contributed by atoms with Gasteiger partial charge in [-0.05, 0) is 93.4 Å². The molecule has 3 rings (SSSR count). The van der Waals surface area contributed by atoms with Gasteiger partial charge in [-0.3, -0.25) is 13.9 Å². The highest BCUT2D eigenvalue weighted by atomic mass is 32.2. The molecule has 1 N–H and O–H groups in total. The molecule has 3 aromatic carbocycles. The number of hydrogen-bond donors (Lipinski definition) is 1. The van der Waals surface area contributed by atoms with Crippen LogP contribution in [0.3, 0.4) is 0 Å². The van der Waals surface area contributed by atoms with Crippen LogP contribution in [0.2, 0.25) is 0 Å². The van der Waals surface area contributed by atoms with E-state index in [-0.39, 0.29) is 29.1 Å². The molecule has 0 fully saturated rings. The molecule has 0 aliphatic rings. The highest BCUT2D eigenvalue weighted by Gasteiger charge is 2.33. The number of carbonyl (C=O) groups excluding carboxylic acids is 2. The van der Waals surface area contributed by atoms with Crippen molar-refractivity contribution in [2.75, 3.05) is 24.6 Å². The Hall–Kier alpha value is -4.12. The van der Waals surface area contributed by atoms with Crippen molar-refractivity contribution in [3.8, 4) is 11.5 Å². The summed E-state index contributed by atoms with van der Waals surface area (Å²) in [5.74, 6) is -0.392. The molecule has 42 heavy (non-hydrogen) atoms. The first kappa shape index (κ1) is 32.4. The van der Waals surface area contributed by atoms with Gasteiger partial charge in [0.1, 0.15) is 29.9 Å². The molecule has 0 aliphatic heterocycles. The van der Waals surface area contributed by atoms with Gasteiger partial charge in [-0.2, -0.15) is 0 Å². The van der Waals surface area contributed by atoms with Crippen LogP contribution in [0.25, 0.3) is 0 Å². The minimum Gasteiger partial charge on any atom is -0.497 e. The van der Waals surface area contributed by atoms with Gasteiger partial charge in [0, 0.05) is 12.6 Å². The fourth-order valence-electron chi connectivity index (χ4n) is 4.11. The highest BCUT2D eigenvalue weighted by Crippen LogP contribution is 2.27. The lowest BCUT2D eigenvalue weighted by Gasteiger charge is -2.32. The van der Waals surface area contributed by atoms with Gasteiger partial charge in [0.05, 0.1) is 24.3 Å². The maximum Gasteiger partial charge on any atom is 0.264 e. The minimum atomic E-state index is -4.31. The standard InChI is InChI=1S/C31H38FN3O6S/c1-6-22(3)33-31(37)23(4)34(20-24-8-14-27(40-5)15-9-24)30(36)21-35(26-12-16-28(17-13-26)41-7-2)42(38,39)29-18-10-25(32)11-19-29/h8-19,22-23H,6-7,20-21H2,1-5H3,(H,33,37). The van der Waals surface area contributed by atoms with Crippen molar-refractivity contribution in [3.05, 3.63) is 84.2 Å². The molecule has 11 heteroatoms. The SMILES string of the molecule is CCOc1ccc(N(CC(=O)N(Cc2ccc(OC)cc2)C(C)C(=O)NC(C)CC)S(=O)(=O)c2ccc(F)cc2)cc1. The second kappa shape index (κ2) is 14.7. The molecular formula is C31H38FN3O6S. The summed E-state index contributed by atoms with van der Waals surface area (Å²) in [5, 5.41) is 2.90. The lowest BCUT2D eigenvalue weighted by Crippen LogP contribution is -2.52. The van der Waals surface area contributed by atoms with E-state index in [1.165, 1.54) is 17.0 Å². The zero-order valence-electron chi connectivity index (χ0n) is 24.5. The Kier molecular flexibility index (Phi) is 11.3. The molecule has 0 saturated heterocycles. The summed E-state index contributed by atoms with van der Waals surface area (Å²) in [6.07, 6.45) is 0.701. The van der Waals surface area contributed by atoms with Gasteiger partial charge in [-0.15, -0.1) is 0 Å². The monoisotopic (exact) mass is 599 g/mol. The van der Waals surface area contributed by atoms with Crippen molar-refractivity contribution in [2.45, 2.75) is 57.6 Å². The van der Waals surface area contributed by atoms with E-state index in [1.54, 1.807) is 50.4 Å². The summed E-state index contributed by atoms with van der Waals surface area (Å²) in [7, 11) is -2.77. The van der Waals surface area contributed by atoms with Crippen molar-refractivity contribution in [1.29, 1.82) is 0 Å². The van der Waals surface area contributed by atoms with Crippen LogP contribution in [0.5, 0.6) is 11.5 Å². The number of anilines is 1. The average molecular weight is 600 g/mol. The number of methoxy groups -OCH3 is 1. The normalized spacial score (nSPS) is 12.6. The van der Waals surface area contributed by atoms with E-state index >= 15 is 0 Å². The molecule has 9 nitrogen and oxygen atoms in total. The summed E-state index contributed by atoms with van der Waals surface area (Å²) in [4.78, 5) is 28.3. The molecule has 0 aromatic heterocycles. The quantitative estimate of drug-likeness (QED) is 0.287. The topological polar surface area (TPSA) is 105 Å². The van der Waals surface area contributed by atoms with Gasteiger partial charge in [0.2, 0.25) is 11.8 Å². The Morgan fingerprint density at radius 2 is 1.50 bits per heavy atom. The van der Waals surface area contributed by atoms with Crippen LogP contribution in [0.15, 0.2) is 77.7 Å². The summed E-state index contributed by atoms with van der Waals surface area (Å²) in [6, 6.07) is 16.7. The second-order valence-electron chi connectivity index (χ2n) is 9.76. The Morgan fingerprint density at radius 1 is 0.905 bits per heavy atom. The van der Waals surface area contributed by atoms with Gasteiger partial charge in [-0.1, -0.05) is 19.1 Å². The molecular weight excluding hydrogens is 561 g/mol. The molecule has 3 aromatic rings. The number of benzene rings is 3. The van der Waals surface area contributed by atoms with Crippen molar-refractivity contribution < 1.29 is 31.9 Å². The van der Waals surface area contributed by atoms with E-state index in [0.29, 0.717) is 24.5 Å². The first-order valence-corrected chi connectivity index (χ1v) is 15.2. The predicted octanol–water partition coefficient (Wildman–Crippen LogP) is 4.76. The fraction of sp³-hybridized carbons (Fsp3) is 0.355. The van der Waals surface area contributed by atoms with Crippen molar-refractivity contribution in [1.82, 2.24) is 10.2 Å². The number of nitrogens with zero attached hydrogens (tertiary/aromatic N) is 2. The van der Waals surface area contributed by atoms with Crippen LogP contribution >= 0.6 is 0 Å². The van der Waals surface area contributed by atoms with E-state index in [9.17, 15) is 22.4 Å². The van der Waals surface area contributed by atoms with Crippen LogP contribution in [-0.4, -0.2) is 57.5 Å². The molecule has 0 bridgehead atoms. The summed E-state index contributed by atoms with van der Waals surface area (Å²) >= 11 is 0. The molecule has 2 amide bonds. The summed E-state index contributed by atoms with van der Waals surface area (Å²) in [6.45, 7) is 7.10. The van der Waals surface area contributed by atoms with Crippen LogP contribution in [0.4, 0.5) is 10.1 Å². The van der Waals surface area contributed by atoms with E-state index in [0.717, 1.165) is 34.1 Å². The number of carbonyl (C=O) groups is 2. The van der Waals surface area contributed by atoms with E-state index in [4.69, 9.17) is 9.47 Å². The smallest absolute Gasteiger partial charge is 0.264 e. The number of halogens is 1. The van der Waals surface area contributed by atoms with Crippen LogP contribution in [0.1, 0.15) is 39.7 Å². The Balaban J connectivity index is 2.02. The van der Waals surface area contributed by atoms with Gasteiger partial charge < -0.3 is 19.7 Å². The van der Waals surface area contributed by atoms with Crippen LogP contribution in [-0.2, 0) is 26.2 Å². The molecule has 0 spiro atoms. The zero-order valence-corrected chi connectivity index (χ0v) is 25.4. The Morgan fingerprint density at radius 3 is 2.05 bits per heavy atom. The number of hydrogen-bond acceptors (Lipinski definition) is 6. The maximum absolute atomic E-state index is 14.0.